The van der Waals surface area contributed by atoms with Crippen LogP contribution in [-0.4, -0.2) is 29.4 Å². The molecule has 0 amide bonds. The van der Waals surface area contributed by atoms with Gasteiger partial charge in [-0.15, -0.1) is 0 Å². The van der Waals surface area contributed by atoms with Crippen LogP contribution in [0.15, 0.2) is 54.9 Å². The molecule has 0 fully saturated rings. The number of hydrogen-bond donors (Lipinski definition) is 0. The quantitative estimate of drug-likeness (QED) is 0.728. The highest BCUT2D eigenvalue weighted by atomic mass is 15.2. The van der Waals surface area contributed by atoms with Gasteiger partial charge in [0.25, 0.3) is 0 Å². The van der Waals surface area contributed by atoms with Crippen molar-refractivity contribution in [2.24, 2.45) is 0 Å². The Morgan fingerprint density at radius 3 is 2.79 bits per heavy atom. The maximum Gasteiger partial charge on any atom is 0.102 e. The molecule has 3 aromatic rings. The lowest BCUT2D eigenvalue weighted by Crippen LogP contribution is -2.29. The maximum atomic E-state index is 9.60. The zero-order valence-corrected chi connectivity index (χ0v) is 13.8. The predicted molar refractivity (Wildman–Crippen MR) is 95.9 cm³/mol. The van der Waals surface area contributed by atoms with Crippen LogP contribution in [0.2, 0.25) is 0 Å². The van der Waals surface area contributed by atoms with E-state index in [1.807, 2.05) is 28.8 Å². The van der Waals surface area contributed by atoms with Crippen molar-refractivity contribution < 1.29 is 0 Å². The van der Waals surface area contributed by atoms with Crippen LogP contribution >= 0.6 is 0 Å². The molecule has 0 unspecified atom stereocenters. The Kier molecular flexibility index (Phi) is 3.72. The third-order valence-corrected chi connectivity index (χ3v) is 4.82. The first-order chi connectivity index (χ1) is 11.8. The standard InChI is InChI=1S/C20H20N4/c1-22-10-11-23(13-16-6-2-3-7-19(16)22)14-17-15-24-9-5-4-8-20(24)18(17)12-21/h2-9,15H,10-11,13-14H2,1H3. The molecule has 4 heteroatoms. The molecule has 1 aliphatic heterocycles. The van der Waals surface area contributed by atoms with Crippen LogP contribution in [0.1, 0.15) is 16.7 Å². The summed E-state index contributed by atoms with van der Waals surface area (Å²) in [5.74, 6) is 0. The molecule has 0 atom stereocenters. The number of para-hydroxylation sites is 1. The molecule has 24 heavy (non-hydrogen) atoms. The Labute approximate surface area is 142 Å². The summed E-state index contributed by atoms with van der Waals surface area (Å²) in [6.45, 7) is 3.69. The first-order valence-electron chi connectivity index (χ1n) is 8.26. The van der Waals surface area contributed by atoms with Gasteiger partial charge in [-0.05, 0) is 23.8 Å². The molecule has 0 N–H and O–H groups in total. The minimum atomic E-state index is 0.793. The van der Waals surface area contributed by atoms with E-state index < -0.39 is 0 Å². The van der Waals surface area contributed by atoms with Crippen LogP contribution < -0.4 is 4.90 Å². The summed E-state index contributed by atoms with van der Waals surface area (Å²) in [4.78, 5) is 4.74. The summed E-state index contributed by atoms with van der Waals surface area (Å²) in [5.41, 5.74) is 5.54. The van der Waals surface area contributed by atoms with E-state index in [1.54, 1.807) is 0 Å². The molecule has 4 nitrogen and oxygen atoms in total. The minimum Gasteiger partial charge on any atom is -0.373 e. The lowest BCUT2D eigenvalue weighted by atomic mass is 10.1. The number of rotatable bonds is 2. The molecule has 0 radical (unpaired) electrons. The smallest absolute Gasteiger partial charge is 0.102 e. The Morgan fingerprint density at radius 1 is 1.08 bits per heavy atom. The fourth-order valence-electron chi connectivity index (χ4n) is 3.55. The van der Waals surface area contributed by atoms with Crippen LogP contribution in [0.25, 0.3) is 5.52 Å². The molecular formula is C20H20N4. The second kappa shape index (κ2) is 6.03. The normalized spacial score (nSPS) is 15.1. The van der Waals surface area contributed by atoms with Crippen molar-refractivity contribution in [3.63, 3.8) is 0 Å². The average Bonchev–Trinajstić information content (AvgIpc) is 2.88. The summed E-state index contributed by atoms with van der Waals surface area (Å²) >= 11 is 0. The third kappa shape index (κ3) is 2.53. The van der Waals surface area contributed by atoms with Gasteiger partial charge in [0.1, 0.15) is 6.07 Å². The predicted octanol–water partition coefficient (Wildman–Crippen LogP) is 3.26. The third-order valence-electron chi connectivity index (χ3n) is 4.82. The van der Waals surface area contributed by atoms with E-state index in [-0.39, 0.29) is 0 Å². The summed E-state index contributed by atoms with van der Waals surface area (Å²) in [7, 11) is 2.15. The van der Waals surface area contributed by atoms with Gasteiger partial charge in [-0.25, -0.2) is 0 Å². The molecule has 120 valence electrons. The van der Waals surface area contributed by atoms with Crippen molar-refractivity contribution in [3.05, 3.63) is 71.5 Å². The van der Waals surface area contributed by atoms with Gasteiger partial charge < -0.3 is 9.30 Å². The van der Waals surface area contributed by atoms with Crippen molar-refractivity contribution >= 4 is 11.2 Å². The summed E-state index contributed by atoms with van der Waals surface area (Å²) in [5, 5.41) is 9.60. The number of fused-ring (bicyclic) bond motifs is 2. The fraction of sp³-hybridized carbons (Fsp3) is 0.250. The number of nitrogens with zero attached hydrogens (tertiary/aromatic N) is 4. The highest BCUT2D eigenvalue weighted by Crippen LogP contribution is 2.26. The number of aromatic nitrogens is 1. The van der Waals surface area contributed by atoms with Crippen LogP contribution in [0.3, 0.4) is 0 Å². The highest BCUT2D eigenvalue weighted by Gasteiger charge is 2.19. The number of pyridine rings is 1. The van der Waals surface area contributed by atoms with E-state index in [0.717, 1.165) is 42.8 Å². The van der Waals surface area contributed by atoms with Crippen molar-refractivity contribution in [2.45, 2.75) is 13.1 Å². The minimum absolute atomic E-state index is 0.793. The second-order valence-corrected chi connectivity index (χ2v) is 6.40. The number of nitriles is 1. The second-order valence-electron chi connectivity index (χ2n) is 6.40. The largest absolute Gasteiger partial charge is 0.373 e. The van der Waals surface area contributed by atoms with Gasteiger partial charge in [0.2, 0.25) is 0 Å². The summed E-state index contributed by atoms with van der Waals surface area (Å²) in [6.07, 6.45) is 4.10. The number of benzene rings is 1. The van der Waals surface area contributed by atoms with Crippen LogP contribution in [0, 0.1) is 11.3 Å². The average molecular weight is 316 g/mol. The maximum absolute atomic E-state index is 9.60. The van der Waals surface area contributed by atoms with Gasteiger partial charge in [0.05, 0.1) is 11.1 Å². The Balaban J connectivity index is 1.66. The highest BCUT2D eigenvalue weighted by molar-refractivity contribution is 5.65. The molecule has 1 aromatic carbocycles. The van der Waals surface area contributed by atoms with E-state index >= 15 is 0 Å². The molecule has 0 saturated heterocycles. The molecule has 4 rings (SSSR count). The van der Waals surface area contributed by atoms with E-state index in [9.17, 15) is 5.26 Å². The molecule has 0 saturated carbocycles. The fourth-order valence-corrected chi connectivity index (χ4v) is 3.55. The molecule has 3 heterocycles. The van der Waals surface area contributed by atoms with Crippen LogP contribution in [-0.2, 0) is 13.1 Å². The number of hydrogen-bond acceptors (Lipinski definition) is 3. The molecule has 1 aliphatic rings. The molecular weight excluding hydrogens is 296 g/mol. The van der Waals surface area contributed by atoms with E-state index in [1.165, 1.54) is 11.3 Å². The Bertz CT molecular complexity index is 919. The van der Waals surface area contributed by atoms with E-state index in [0.29, 0.717) is 0 Å². The van der Waals surface area contributed by atoms with Crippen molar-refractivity contribution in [1.82, 2.24) is 9.30 Å². The zero-order valence-electron chi connectivity index (χ0n) is 13.8. The lowest BCUT2D eigenvalue weighted by Gasteiger charge is -2.20. The summed E-state index contributed by atoms with van der Waals surface area (Å²) in [6, 6.07) is 17.0. The van der Waals surface area contributed by atoms with Crippen molar-refractivity contribution in [1.29, 1.82) is 5.26 Å². The summed E-state index contributed by atoms with van der Waals surface area (Å²) < 4.78 is 2.05. The van der Waals surface area contributed by atoms with Crippen LogP contribution in [0.4, 0.5) is 5.69 Å². The van der Waals surface area contributed by atoms with Gasteiger partial charge in [-0.1, -0.05) is 24.3 Å². The first kappa shape index (κ1) is 14.8. The number of anilines is 1. The number of likely N-dealkylation sites (N-methyl/N-ethyl adjacent to an activating group) is 1. The Morgan fingerprint density at radius 2 is 1.92 bits per heavy atom. The van der Waals surface area contributed by atoms with Gasteiger partial charge in [0.15, 0.2) is 0 Å². The van der Waals surface area contributed by atoms with Gasteiger partial charge in [0, 0.05) is 56.9 Å². The van der Waals surface area contributed by atoms with Crippen molar-refractivity contribution in [3.8, 4) is 6.07 Å². The van der Waals surface area contributed by atoms with Gasteiger partial charge in [-0.2, -0.15) is 5.26 Å². The molecule has 2 aromatic heterocycles. The monoisotopic (exact) mass is 316 g/mol. The van der Waals surface area contributed by atoms with E-state index in [2.05, 4.69) is 53.4 Å². The molecule has 0 aliphatic carbocycles. The van der Waals surface area contributed by atoms with Crippen LogP contribution in [0.5, 0.6) is 0 Å². The van der Waals surface area contributed by atoms with Gasteiger partial charge >= 0.3 is 0 Å². The first-order valence-corrected chi connectivity index (χ1v) is 8.26. The molecule has 0 spiro atoms. The topological polar surface area (TPSA) is 34.7 Å². The zero-order chi connectivity index (χ0) is 16.5. The van der Waals surface area contributed by atoms with E-state index in [4.69, 9.17) is 0 Å². The lowest BCUT2D eigenvalue weighted by molar-refractivity contribution is 0.269. The van der Waals surface area contributed by atoms with Crippen molar-refractivity contribution in [2.75, 3.05) is 25.0 Å². The Hall–Kier alpha value is -2.77. The SMILES string of the molecule is CN1CCN(Cc2cn3ccccc3c2C#N)Cc2ccccc21. The van der Waals surface area contributed by atoms with Gasteiger partial charge in [-0.3, -0.25) is 4.90 Å². The molecule has 0 bridgehead atoms.